The van der Waals surface area contributed by atoms with Crippen LogP contribution in [-0.4, -0.2) is 18.1 Å². The van der Waals surface area contributed by atoms with Crippen LogP contribution in [-0.2, 0) is 6.42 Å². The second-order valence-electron chi connectivity index (χ2n) is 5.54. The van der Waals surface area contributed by atoms with Gasteiger partial charge in [0, 0.05) is 17.4 Å². The van der Waals surface area contributed by atoms with Gasteiger partial charge in [0.2, 0.25) is 0 Å². The summed E-state index contributed by atoms with van der Waals surface area (Å²) in [4.78, 5) is 5.93. The number of hydrogen-bond donors (Lipinski definition) is 1. The number of nitrogens with zero attached hydrogens (tertiary/aromatic N) is 1. The Hall–Kier alpha value is -1.33. The first-order valence-corrected chi connectivity index (χ1v) is 8.05. The Bertz CT molecular complexity index is 613. The Morgan fingerprint density at radius 2 is 1.86 bits per heavy atom. The van der Waals surface area contributed by atoms with Crippen LogP contribution in [0.25, 0.3) is 0 Å². The van der Waals surface area contributed by atoms with Gasteiger partial charge in [-0.2, -0.15) is 0 Å². The van der Waals surface area contributed by atoms with E-state index in [0.717, 1.165) is 42.7 Å². The zero-order chi connectivity index (χ0) is 14.8. The fourth-order valence-electron chi connectivity index (χ4n) is 2.89. The predicted octanol–water partition coefficient (Wildman–Crippen LogP) is 3.79. The van der Waals surface area contributed by atoms with Crippen LogP contribution in [0, 0.1) is 18.6 Å². The number of thiazole rings is 1. The molecule has 3 rings (SSSR count). The van der Waals surface area contributed by atoms with Crippen molar-refractivity contribution in [2.24, 2.45) is 0 Å². The topological polar surface area (TPSA) is 24.9 Å². The summed E-state index contributed by atoms with van der Waals surface area (Å²) in [6.07, 6.45) is 2.76. The smallest absolute Gasteiger partial charge is 0.126 e. The van der Waals surface area contributed by atoms with E-state index in [9.17, 15) is 8.78 Å². The van der Waals surface area contributed by atoms with Gasteiger partial charge in [0.05, 0.1) is 10.7 Å². The summed E-state index contributed by atoms with van der Waals surface area (Å²) < 4.78 is 26.5. The number of aromatic nitrogens is 1. The van der Waals surface area contributed by atoms with Crippen LogP contribution < -0.4 is 5.32 Å². The van der Waals surface area contributed by atoms with Gasteiger partial charge < -0.3 is 5.32 Å². The van der Waals surface area contributed by atoms with Crippen LogP contribution in [0.2, 0.25) is 0 Å². The second kappa shape index (κ2) is 6.20. The first kappa shape index (κ1) is 14.6. The van der Waals surface area contributed by atoms with Crippen molar-refractivity contribution in [1.82, 2.24) is 10.3 Å². The zero-order valence-electron chi connectivity index (χ0n) is 12.0. The summed E-state index contributed by atoms with van der Waals surface area (Å²) in [5, 5.41) is 4.30. The molecule has 1 fully saturated rings. The van der Waals surface area contributed by atoms with Crippen LogP contribution in [0.3, 0.4) is 0 Å². The van der Waals surface area contributed by atoms with Crippen LogP contribution in [0.5, 0.6) is 0 Å². The van der Waals surface area contributed by atoms with Crippen molar-refractivity contribution < 1.29 is 8.78 Å². The van der Waals surface area contributed by atoms with Gasteiger partial charge in [-0.15, -0.1) is 11.3 Å². The van der Waals surface area contributed by atoms with E-state index in [1.165, 1.54) is 17.0 Å². The van der Waals surface area contributed by atoms with Gasteiger partial charge in [-0.05, 0) is 56.5 Å². The maximum Gasteiger partial charge on any atom is 0.126 e. The standard InChI is InChI=1S/C16H18F2N2S/c1-10-16(12-2-4-19-5-3-12)21-15(20-10)8-11-6-13(17)9-14(18)7-11/h6-7,9,12,19H,2-5,8H2,1H3. The molecular formula is C16H18F2N2S. The van der Waals surface area contributed by atoms with Crippen molar-refractivity contribution in [3.8, 4) is 0 Å². The van der Waals surface area contributed by atoms with Gasteiger partial charge in [0.25, 0.3) is 0 Å². The van der Waals surface area contributed by atoms with Gasteiger partial charge in [0.15, 0.2) is 0 Å². The molecule has 5 heteroatoms. The first-order valence-electron chi connectivity index (χ1n) is 7.23. The molecule has 112 valence electrons. The molecule has 1 saturated heterocycles. The van der Waals surface area contributed by atoms with Crippen molar-refractivity contribution in [3.63, 3.8) is 0 Å². The number of rotatable bonds is 3. The molecule has 0 bridgehead atoms. The van der Waals surface area contributed by atoms with Crippen molar-refractivity contribution in [3.05, 3.63) is 51.0 Å². The third kappa shape index (κ3) is 3.47. The predicted molar refractivity (Wildman–Crippen MR) is 80.9 cm³/mol. The number of hydrogen-bond acceptors (Lipinski definition) is 3. The van der Waals surface area contributed by atoms with Crippen LogP contribution in [0.4, 0.5) is 8.78 Å². The van der Waals surface area contributed by atoms with Gasteiger partial charge in [0.1, 0.15) is 11.6 Å². The number of benzene rings is 1. The maximum absolute atomic E-state index is 13.2. The minimum atomic E-state index is -0.531. The maximum atomic E-state index is 13.2. The minimum absolute atomic E-state index is 0.491. The summed E-state index contributed by atoms with van der Waals surface area (Å²) in [6.45, 7) is 4.13. The highest BCUT2D eigenvalue weighted by Crippen LogP contribution is 2.33. The largest absolute Gasteiger partial charge is 0.317 e. The molecule has 2 heterocycles. The monoisotopic (exact) mass is 308 g/mol. The molecule has 2 nitrogen and oxygen atoms in total. The highest BCUT2D eigenvalue weighted by Gasteiger charge is 2.20. The van der Waals surface area contributed by atoms with E-state index in [2.05, 4.69) is 10.3 Å². The number of piperidine rings is 1. The molecule has 0 amide bonds. The average Bonchev–Trinajstić information content (AvgIpc) is 2.79. The summed E-state index contributed by atoms with van der Waals surface area (Å²) >= 11 is 1.69. The molecule has 0 unspecified atom stereocenters. The molecule has 1 aromatic heterocycles. The van der Waals surface area contributed by atoms with E-state index < -0.39 is 11.6 Å². The molecule has 2 aromatic rings. The van der Waals surface area contributed by atoms with E-state index >= 15 is 0 Å². The lowest BCUT2D eigenvalue weighted by molar-refractivity contribution is 0.463. The Kier molecular flexibility index (Phi) is 4.31. The lowest BCUT2D eigenvalue weighted by atomic mass is 9.96. The first-order chi connectivity index (χ1) is 10.1. The molecule has 1 aliphatic heterocycles. The van der Waals surface area contributed by atoms with Crippen molar-refractivity contribution >= 4 is 11.3 Å². The van der Waals surface area contributed by atoms with Gasteiger partial charge in [-0.3, -0.25) is 0 Å². The van der Waals surface area contributed by atoms with Crippen LogP contribution in [0.1, 0.15) is 39.9 Å². The fraction of sp³-hybridized carbons (Fsp3) is 0.438. The summed E-state index contributed by atoms with van der Waals surface area (Å²) in [5.41, 5.74) is 1.71. The highest BCUT2D eigenvalue weighted by molar-refractivity contribution is 7.11. The van der Waals surface area contributed by atoms with Gasteiger partial charge in [-0.25, -0.2) is 13.8 Å². The third-order valence-corrected chi connectivity index (χ3v) is 5.18. The molecule has 1 aliphatic rings. The SMILES string of the molecule is Cc1nc(Cc2cc(F)cc(F)c2)sc1C1CCNCC1. The molecule has 1 N–H and O–H groups in total. The van der Waals surface area contributed by atoms with E-state index in [1.54, 1.807) is 11.3 Å². The molecule has 0 radical (unpaired) electrons. The van der Waals surface area contributed by atoms with Gasteiger partial charge in [-0.1, -0.05) is 0 Å². The van der Waals surface area contributed by atoms with E-state index in [1.807, 2.05) is 6.92 Å². The molecule has 0 atom stereocenters. The molecule has 0 spiro atoms. The van der Waals surface area contributed by atoms with E-state index in [4.69, 9.17) is 0 Å². The molecular weight excluding hydrogens is 290 g/mol. The Labute approximate surface area is 127 Å². The highest BCUT2D eigenvalue weighted by atomic mass is 32.1. The normalized spacial score (nSPS) is 16.3. The summed E-state index contributed by atoms with van der Waals surface area (Å²) in [6, 6.07) is 3.66. The quantitative estimate of drug-likeness (QED) is 0.933. The summed E-state index contributed by atoms with van der Waals surface area (Å²) in [5.74, 6) is -0.490. The number of nitrogens with one attached hydrogen (secondary N) is 1. The fourth-order valence-corrected chi connectivity index (χ4v) is 4.16. The molecule has 0 aliphatic carbocycles. The minimum Gasteiger partial charge on any atom is -0.317 e. The second-order valence-corrected chi connectivity index (χ2v) is 6.65. The summed E-state index contributed by atoms with van der Waals surface area (Å²) in [7, 11) is 0. The number of halogens is 2. The average molecular weight is 308 g/mol. The molecule has 1 aromatic carbocycles. The van der Waals surface area contributed by atoms with Crippen LogP contribution in [0.15, 0.2) is 18.2 Å². The van der Waals surface area contributed by atoms with E-state index in [-0.39, 0.29) is 0 Å². The zero-order valence-corrected chi connectivity index (χ0v) is 12.8. The van der Waals surface area contributed by atoms with Crippen molar-refractivity contribution in [1.29, 1.82) is 0 Å². The Balaban J connectivity index is 1.80. The lowest BCUT2D eigenvalue weighted by Crippen LogP contribution is -2.26. The molecule has 0 saturated carbocycles. The Morgan fingerprint density at radius 3 is 2.52 bits per heavy atom. The third-order valence-electron chi connectivity index (χ3n) is 3.86. The van der Waals surface area contributed by atoms with Crippen LogP contribution >= 0.6 is 11.3 Å². The lowest BCUT2D eigenvalue weighted by Gasteiger charge is -2.21. The van der Waals surface area contributed by atoms with Crippen molar-refractivity contribution in [2.75, 3.05) is 13.1 Å². The number of aryl methyl sites for hydroxylation is 1. The van der Waals surface area contributed by atoms with Gasteiger partial charge >= 0.3 is 0 Å². The van der Waals surface area contributed by atoms with Crippen molar-refractivity contribution in [2.45, 2.75) is 32.1 Å². The van der Waals surface area contributed by atoms with E-state index in [0.29, 0.717) is 17.9 Å². The Morgan fingerprint density at radius 1 is 1.19 bits per heavy atom. The molecule has 21 heavy (non-hydrogen) atoms.